The van der Waals surface area contributed by atoms with Crippen molar-refractivity contribution in [3.63, 3.8) is 0 Å². The molecule has 2 aromatic carbocycles. The molecule has 0 saturated heterocycles. The van der Waals surface area contributed by atoms with E-state index in [-0.39, 0.29) is 5.02 Å². The summed E-state index contributed by atoms with van der Waals surface area (Å²) in [5, 5.41) is 3.34. The fourth-order valence-corrected chi connectivity index (χ4v) is 2.29. The Morgan fingerprint density at radius 1 is 1.26 bits per heavy atom. The Morgan fingerprint density at radius 3 is 2.68 bits per heavy atom. The molecule has 100 valence electrons. The van der Waals surface area contributed by atoms with Gasteiger partial charge < -0.3 is 10.1 Å². The van der Waals surface area contributed by atoms with Gasteiger partial charge in [0, 0.05) is 12.2 Å². The van der Waals surface area contributed by atoms with Crippen LogP contribution in [0.15, 0.2) is 40.9 Å². The van der Waals surface area contributed by atoms with Crippen molar-refractivity contribution >= 4 is 33.2 Å². The Morgan fingerprint density at radius 2 is 2.05 bits per heavy atom. The third-order valence-electron chi connectivity index (χ3n) is 2.63. The van der Waals surface area contributed by atoms with Crippen LogP contribution in [0.1, 0.15) is 5.56 Å². The van der Waals surface area contributed by atoms with Crippen LogP contribution in [-0.4, -0.2) is 7.11 Å². The summed E-state index contributed by atoms with van der Waals surface area (Å²) in [6.45, 7) is 0.521. The molecule has 0 radical (unpaired) electrons. The minimum atomic E-state index is -0.406. The third-order valence-corrected chi connectivity index (χ3v) is 3.56. The van der Waals surface area contributed by atoms with Gasteiger partial charge in [-0.15, -0.1) is 0 Å². The molecule has 0 aliphatic carbocycles. The van der Waals surface area contributed by atoms with E-state index in [1.54, 1.807) is 19.2 Å². The molecule has 0 aliphatic heterocycles. The van der Waals surface area contributed by atoms with Crippen molar-refractivity contribution in [2.45, 2.75) is 6.54 Å². The number of ether oxygens (including phenoxy) is 1. The molecule has 0 saturated carbocycles. The van der Waals surface area contributed by atoms with Crippen molar-refractivity contribution in [1.82, 2.24) is 0 Å². The number of rotatable bonds is 4. The smallest absolute Gasteiger partial charge is 0.142 e. The first kappa shape index (κ1) is 14.2. The van der Waals surface area contributed by atoms with Gasteiger partial charge in [-0.2, -0.15) is 0 Å². The first-order chi connectivity index (χ1) is 9.10. The molecule has 0 heterocycles. The maximum Gasteiger partial charge on any atom is 0.142 e. The van der Waals surface area contributed by atoms with Gasteiger partial charge in [0.1, 0.15) is 11.6 Å². The average molecular weight is 345 g/mol. The van der Waals surface area contributed by atoms with Crippen molar-refractivity contribution in [2.75, 3.05) is 12.4 Å². The van der Waals surface area contributed by atoms with Gasteiger partial charge in [0.05, 0.1) is 16.6 Å². The average Bonchev–Trinajstić information content (AvgIpc) is 2.40. The lowest BCUT2D eigenvalue weighted by Crippen LogP contribution is -2.00. The Balaban J connectivity index is 2.05. The van der Waals surface area contributed by atoms with Crippen molar-refractivity contribution in [3.05, 3.63) is 57.3 Å². The largest absolute Gasteiger partial charge is 0.496 e. The predicted molar refractivity (Wildman–Crippen MR) is 79.4 cm³/mol. The second kappa shape index (κ2) is 6.26. The second-order valence-corrected chi connectivity index (χ2v) is 5.21. The summed E-state index contributed by atoms with van der Waals surface area (Å²) in [4.78, 5) is 0. The highest BCUT2D eigenvalue weighted by molar-refractivity contribution is 9.10. The van der Waals surface area contributed by atoms with Crippen molar-refractivity contribution in [3.8, 4) is 5.75 Å². The summed E-state index contributed by atoms with van der Waals surface area (Å²) >= 11 is 9.05. The Kier molecular flexibility index (Phi) is 4.66. The molecular weight excluding hydrogens is 333 g/mol. The molecule has 0 amide bonds. The second-order valence-electron chi connectivity index (χ2n) is 3.95. The number of benzene rings is 2. The predicted octanol–water partition coefficient (Wildman–Crippen LogP) is 4.86. The molecule has 5 heteroatoms. The zero-order chi connectivity index (χ0) is 13.8. The van der Waals surface area contributed by atoms with Gasteiger partial charge >= 0.3 is 0 Å². The number of halogens is 3. The van der Waals surface area contributed by atoms with Crippen molar-refractivity contribution < 1.29 is 9.13 Å². The van der Waals surface area contributed by atoms with E-state index >= 15 is 0 Å². The number of methoxy groups -OCH3 is 1. The first-order valence-corrected chi connectivity index (χ1v) is 6.78. The monoisotopic (exact) mass is 343 g/mol. The summed E-state index contributed by atoms with van der Waals surface area (Å²) in [6.07, 6.45) is 0. The summed E-state index contributed by atoms with van der Waals surface area (Å²) in [6, 6.07) is 10.4. The van der Waals surface area contributed by atoms with E-state index in [1.807, 2.05) is 18.2 Å². The lowest BCUT2D eigenvalue weighted by Gasteiger charge is -2.09. The standard InChI is InChI=1S/C14H12BrClFNO/c1-19-14-5-3-10(7-11(14)15)18-8-9-2-4-12(16)13(17)6-9/h2-7,18H,8H2,1H3. The van der Waals surface area contributed by atoms with Crippen LogP contribution in [0.25, 0.3) is 0 Å². The van der Waals surface area contributed by atoms with Crippen LogP contribution in [0.5, 0.6) is 5.75 Å². The Hall–Kier alpha value is -1.26. The highest BCUT2D eigenvalue weighted by Crippen LogP contribution is 2.28. The fourth-order valence-electron chi connectivity index (χ4n) is 1.63. The fraction of sp³-hybridized carbons (Fsp3) is 0.143. The molecule has 2 rings (SSSR count). The van der Waals surface area contributed by atoms with Gasteiger partial charge in [-0.25, -0.2) is 4.39 Å². The topological polar surface area (TPSA) is 21.3 Å². The van der Waals surface area contributed by atoms with E-state index < -0.39 is 5.82 Å². The molecule has 19 heavy (non-hydrogen) atoms. The summed E-state index contributed by atoms with van der Waals surface area (Å²) in [5.74, 6) is 0.361. The van der Waals surface area contributed by atoms with E-state index in [9.17, 15) is 4.39 Å². The van der Waals surface area contributed by atoms with E-state index in [0.717, 1.165) is 21.5 Å². The van der Waals surface area contributed by atoms with E-state index in [4.69, 9.17) is 16.3 Å². The molecule has 0 unspecified atom stereocenters. The SMILES string of the molecule is COc1ccc(NCc2ccc(Cl)c(F)c2)cc1Br. The molecule has 2 aromatic rings. The molecule has 0 atom stereocenters. The number of hydrogen-bond acceptors (Lipinski definition) is 2. The minimum absolute atomic E-state index is 0.135. The van der Waals surface area contributed by atoms with Gasteiger partial charge in [-0.1, -0.05) is 17.7 Å². The number of nitrogens with one attached hydrogen (secondary N) is 1. The van der Waals surface area contributed by atoms with Crippen molar-refractivity contribution in [1.29, 1.82) is 0 Å². The minimum Gasteiger partial charge on any atom is -0.496 e. The van der Waals surface area contributed by atoms with Gasteiger partial charge in [0.25, 0.3) is 0 Å². The van der Waals surface area contributed by atoms with Crippen LogP contribution in [-0.2, 0) is 6.54 Å². The molecule has 0 spiro atoms. The van der Waals surface area contributed by atoms with Crippen LogP contribution >= 0.6 is 27.5 Å². The molecule has 0 aliphatic rings. The number of anilines is 1. The Bertz CT molecular complexity index is 592. The highest BCUT2D eigenvalue weighted by atomic mass is 79.9. The zero-order valence-corrected chi connectivity index (χ0v) is 12.6. The molecule has 1 N–H and O–H groups in total. The molecule has 0 fully saturated rings. The van der Waals surface area contributed by atoms with Crippen LogP contribution in [0, 0.1) is 5.82 Å². The van der Waals surface area contributed by atoms with E-state index in [1.165, 1.54) is 6.07 Å². The molecular formula is C14H12BrClFNO. The van der Waals surface area contributed by atoms with Gasteiger partial charge in [0.2, 0.25) is 0 Å². The molecule has 2 nitrogen and oxygen atoms in total. The maximum absolute atomic E-state index is 13.3. The lowest BCUT2D eigenvalue weighted by molar-refractivity contribution is 0.412. The maximum atomic E-state index is 13.3. The van der Waals surface area contributed by atoms with Gasteiger partial charge in [-0.05, 0) is 51.8 Å². The van der Waals surface area contributed by atoms with E-state index in [2.05, 4.69) is 21.2 Å². The summed E-state index contributed by atoms with van der Waals surface area (Å²) in [7, 11) is 1.61. The van der Waals surface area contributed by atoms with Gasteiger partial charge in [0.15, 0.2) is 0 Å². The summed E-state index contributed by atoms with van der Waals surface area (Å²) < 4.78 is 19.3. The quantitative estimate of drug-likeness (QED) is 0.855. The first-order valence-electron chi connectivity index (χ1n) is 5.61. The Labute approximate surface area is 124 Å². The van der Waals surface area contributed by atoms with Crippen LogP contribution in [0.3, 0.4) is 0 Å². The molecule has 0 bridgehead atoms. The van der Waals surface area contributed by atoms with Crippen LogP contribution < -0.4 is 10.1 Å². The summed E-state index contributed by atoms with van der Waals surface area (Å²) in [5.41, 5.74) is 1.75. The van der Waals surface area contributed by atoms with E-state index in [0.29, 0.717) is 6.54 Å². The van der Waals surface area contributed by atoms with Crippen LogP contribution in [0.4, 0.5) is 10.1 Å². The van der Waals surface area contributed by atoms with Gasteiger partial charge in [-0.3, -0.25) is 0 Å². The van der Waals surface area contributed by atoms with Crippen molar-refractivity contribution in [2.24, 2.45) is 0 Å². The number of hydrogen-bond donors (Lipinski definition) is 1. The lowest BCUT2D eigenvalue weighted by atomic mass is 10.2. The third kappa shape index (κ3) is 3.61. The highest BCUT2D eigenvalue weighted by Gasteiger charge is 2.03. The molecule has 0 aromatic heterocycles. The zero-order valence-electron chi connectivity index (χ0n) is 10.2. The van der Waals surface area contributed by atoms with Crippen LogP contribution in [0.2, 0.25) is 5.02 Å². The normalized spacial score (nSPS) is 10.3.